The quantitative estimate of drug-likeness (QED) is 0.196. The van der Waals surface area contributed by atoms with E-state index < -0.39 is 6.17 Å². The van der Waals surface area contributed by atoms with Crippen molar-refractivity contribution in [3.05, 3.63) is 185 Å². The van der Waals surface area contributed by atoms with Crippen molar-refractivity contribution < 1.29 is 9.47 Å². The minimum absolute atomic E-state index is 0.0942. The van der Waals surface area contributed by atoms with Crippen molar-refractivity contribution >= 4 is 17.2 Å². The highest BCUT2D eigenvalue weighted by atomic mass is 16.6. The van der Waals surface area contributed by atoms with E-state index in [1.807, 2.05) is 36.4 Å². The van der Waals surface area contributed by atoms with Gasteiger partial charge < -0.3 is 14.8 Å². The number of hydrogen-bond donors (Lipinski definition) is 1. The van der Waals surface area contributed by atoms with Gasteiger partial charge in [-0.15, -0.1) is 0 Å². The summed E-state index contributed by atoms with van der Waals surface area (Å²) in [7, 11) is 0. The maximum atomic E-state index is 6.99. The van der Waals surface area contributed by atoms with Gasteiger partial charge in [0, 0.05) is 27.7 Å². The first kappa shape index (κ1) is 31.3. The summed E-state index contributed by atoms with van der Waals surface area (Å²) >= 11 is 0. The van der Waals surface area contributed by atoms with E-state index in [-0.39, 0.29) is 5.41 Å². The molecule has 2 aliphatic carbocycles. The van der Waals surface area contributed by atoms with Crippen LogP contribution in [0.15, 0.2) is 167 Å². The van der Waals surface area contributed by atoms with Crippen LogP contribution in [0.4, 0.5) is 0 Å². The molecule has 0 amide bonds. The molecular weight excluding hydrogens is 651 g/mol. The standard InChI is InChI=1S/C48H37N3O2/c1-48(2)38-25-12-11-23-37(38)42-39(48)27-28-41-44(42)53-43-35(24-14-26-40(43)52-41)32-19-13-20-33(29-32)46-49-45(31-17-7-4-8-18-31)50-47(51-46)36-22-10-9-21-34(36)30-15-5-3-6-16-30/h3-10,12-22,24-29,46H,11,23H2,1-2H3,(H,49,50,51). The van der Waals surface area contributed by atoms with Gasteiger partial charge in [0.15, 0.2) is 29.2 Å². The highest BCUT2D eigenvalue weighted by Crippen LogP contribution is 2.59. The van der Waals surface area contributed by atoms with E-state index in [9.17, 15) is 0 Å². The van der Waals surface area contributed by atoms with Crippen LogP contribution < -0.4 is 14.8 Å². The molecule has 0 aromatic heterocycles. The summed E-state index contributed by atoms with van der Waals surface area (Å²) in [5, 5.41) is 3.59. The van der Waals surface area contributed by atoms with Crippen LogP contribution in [0.2, 0.25) is 0 Å². The molecule has 6 aromatic carbocycles. The van der Waals surface area contributed by atoms with Gasteiger partial charge in [-0.05, 0) is 70.0 Å². The van der Waals surface area contributed by atoms with Crippen molar-refractivity contribution in [2.45, 2.75) is 38.3 Å². The molecule has 10 rings (SSSR count). The zero-order chi connectivity index (χ0) is 35.5. The summed E-state index contributed by atoms with van der Waals surface area (Å²) in [6.07, 6.45) is 6.15. The highest BCUT2D eigenvalue weighted by molar-refractivity contribution is 6.17. The van der Waals surface area contributed by atoms with E-state index in [0.717, 1.165) is 80.7 Å². The molecular formula is C48H37N3O2. The van der Waals surface area contributed by atoms with E-state index in [1.165, 1.54) is 22.3 Å². The van der Waals surface area contributed by atoms with Crippen LogP contribution in [0.5, 0.6) is 23.0 Å². The maximum absolute atomic E-state index is 6.99. The second kappa shape index (κ2) is 12.3. The number of amidine groups is 2. The Kier molecular flexibility index (Phi) is 7.29. The van der Waals surface area contributed by atoms with E-state index in [4.69, 9.17) is 19.5 Å². The average molecular weight is 688 g/mol. The molecule has 6 aromatic rings. The molecule has 2 heterocycles. The third kappa shape index (κ3) is 5.23. The van der Waals surface area contributed by atoms with Crippen LogP contribution in [0, 0.1) is 0 Å². The third-order valence-corrected chi connectivity index (χ3v) is 10.9. The van der Waals surface area contributed by atoms with Gasteiger partial charge in [-0.1, -0.05) is 147 Å². The molecule has 2 aliphatic heterocycles. The lowest BCUT2D eigenvalue weighted by Crippen LogP contribution is -2.36. The minimum atomic E-state index is -0.474. The number of ether oxygens (including phenoxy) is 2. The molecule has 53 heavy (non-hydrogen) atoms. The molecule has 0 radical (unpaired) electrons. The fourth-order valence-corrected chi connectivity index (χ4v) is 8.27. The molecule has 4 aliphatic rings. The first-order valence-electron chi connectivity index (χ1n) is 18.3. The van der Waals surface area contributed by atoms with Crippen LogP contribution >= 0.6 is 0 Å². The Morgan fingerprint density at radius 1 is 0.604 bits per heavy atom. The SMILES string of the molecule is CC1(C)C2=C(CCC=C2)c2c1ccc1c2Oc2c(cccc2-c2cccc(C3N=C(c4ccccc4)NC(c4ccccc4-c4ccccc4)=N3)c2)O1. The van der Waals surface area contributed by atoms with E-state index in [0.29, 0.717) is 5.75 Å². The zero-order valence-corrected chi connectivity index (χ0v) is 29.6. The molecule has 1 N–H and O–H groups in total. The summed E-state index contributed by atoms with van der Waals surface area (Å²) < 4.78 is 13.6. The van der Waals surface area contributed by atoms with Crippen LogP contribution in [0.3, 0.4) is 0 Å². The predicted octanol–water partition coefficient (Wildman–Crippen LogP) is 11.8. The smallest absolute Gasteiger partial charge is 0.177 e. The lowest BCUT2D eigenvalue weighted by atomic mass is 9.80. The Balaban J connectivity index is 1.06. The number of nitrogens with zero attached hydrogens (tertiary/aromatic N) is 2. The van der Waals surface area contributed by atoms with E-state index >= 15 is 0 Å². The fraction of sp³-hybridized carbons (Fsp3) is 0.125. The largest absolute Gasteiger partial charge is 0.449 e. The number of benzene rings is 6. The summed E-state index contributed by atoms with van der Waals surface area (Å²) in [6, 6.07) is 48.0. The van der Waals surface area contributed by atoms with Crippen molar-refractivity contribution in [2.24, 2.45) is 9.98 Å². The van der Waals surface area contributed by atoms with Crippen LogP contribution in [0.1, 0.15) is 60.7 Å². The van der Waals surface area contributed by atoms with Gasteiger partial charge in [-0.25, -0.2) is 9.98 Å². The van der Waals surface area contributed by atoms with E-state index in [1.54, 1.807) is 0 Å². The van der Waals surface area contributed by atoms with Gasteiger partial charge in [0.05, 0.1) is 0 Å². The van der Waals surface area contributed by atoms with E-state index in [2.05, 4.69) is 134 Å². The number of para-hydroxylation sites is 1. The number of nitrogens with one attached hydrogen (secondary N) is 1. The van der Waals surface area contributed by atoms with Crippen molar-refractivity contribution in [1.82, 2.24) is 5.32 Å². The Morgan fingerprint density at radius 2 is 1.28 bits per heavy atom. The Hall–Kier alpha value is -6.46. The summed E-state index contributed by atoms with van der Waals surface area (Å²) in [6.45, 7) is 4.62. The number of hydrogen-bond acceptors (Lipinski definition) is 5. The lowest BCUT2D eigenvalue weighted by Gasteiger charge is -2.27. The number of allylic oxidation sites excluding steroid dienone is 4. The van der Waals surface area contributed by atoms with Crippen LogP contribution in [-0.4, -0.2) is 11.7 Å². The van der Waals surface area contributed by atoms with Gasteiger partial charge in [0.2, 0.25) is 0 Å². The van der Waals surface area contributed by atoms with Crippen molar-refractivity contribution in [1.29, 1.82) is 0 Å². The average Bonchev–Trinajstić information content (AvgIpc) is 3.46. The molecule has 1 unspecified atom stereocenters. The number of rotatable bonds is 5. The highest BCUT2D eigenvalue weighted by Gasteiger charge is 2.41. The molecule has 1 atom stereocenters. The minimum Gasteiger partial charge on any atom is -0.449 e. The summed E-state index contributed by atoms with van der Waals surface area (Å²) in [5.41, 5.74) is 12.4. The Bertz CT molecular complexity index is 2560. The van der Waals surface area contributed by atoms with Gasteiger partial charge in [0.1, 0.15) is 11.7 Å². The first-order valence-corrected chi connectivity index (χ1v) is 18.3. The molecule has 0 saturated carbocycles. The van der Waals surface area contributed by atoms with Gasteiger partial charge in [-0.2, -0.15) is 0 Å². The zero-order valence-electron chi connectivity index (χ0n) is 29.6. The topological polar surface area (TPSA) is 55.2 Å². The number of fused-ring (bicyclic) bond motifs is 5. The van der Waals surface area contributed by atoms with Gasteiger partial charge >= 0.3 is 0 Å². The van der Waals surface area contributed by atoms with Gasteiger partial charge in [0.25, 0.3) is 0 Å². The maximum Gasteiger partial charge on any atom is 0.177 e. The van der Waals surface area contributed by atoms with Crippen molar-refractivity contribution in [3.8, 4) is 45.3 Å². The van der Waals surface area contributed by atoms with Crippen molar-refractivity contribution in [3.63, 3.8) is 0 Å². The fourth-order valence-electron chi connectivity index (χ4n) is 8.27. The Morgan fingerprint density at radius 3 is 2.11 bits per heavy atom. The summed E-state index contributed by atoms with van der Waals surface area (Å²) in [4.78, 5) is 10.5. The summed E-state index contributed by atoms with van der Waals surface area (Å²) in [5.74, 6) is 4.57. The van der Waals surface area contributed by atoms with Crippen LogP contribution in [-0.2, 0) is 5.41 Å². The molecule has 0 fully saturated rings. The molecule has 5 heteroatoms. The second-order valence-electron chi connectivity index (χ2n) is 14.5. The van der Waals surface area contributed by atoms with Crippen molar-refractivity contribution in [2.75, 3.05) is 0 Å². The monoisotopic (exact) mass is 687 g/mol. The molecule has 0 saturated heterocycles. The number of aliphatic imine (C=N–C) groups is 2. The van der Waals surface area contributed by atoms with Crippen LogP contribution in [0.25, 0.3) is 27.8 Å². The molecule has 0 spiro atoms. The Labute approximate surface area is 309 Å². The second-order valence-corrected chi connectivity index (χ2v) is 14.5. The molecule has 0 bridgehead atoms. The molecule has 5 nitrogen and oxygen atoms in total. The molecule has 256 valence electrons. The normalized spacial score (nSPS) is 17.6. The third-order valence-electron chi connectivity index (χ3n) is 10.9. The van der Waals surface area contributed by atoms with Gasteiger partial charge in [-0.3, -0.25) is 0 Å². The lowest BCUT2D eigenvalue weighted by molar-refractivity contribution is 0.359. The predicted molar refractivity (Wildman–Crippen MR) is 214 cm³/mol. The first-order chi connectivity index (χ1) is 26.0.